The van der Waals surface area contributed by atoms with E-state index >= 15 is 4.39 Å². The molecule has 1 unspecified atom stereocenters. The number of Topliss-reactive ketones (excluding diaryl/α,β-unsaturated/α-hetero) is 1. The summed E-state index contributed by atoms with van der Waals surface area (Å²) in [6.07, 6.45) is 11.0. The number of halogens is 1. The van der Waals surface area contributed by atoms with Gasteiger partial charge >= 0.3 is 0 Å². The zero-order valence-electron chi connectivity index (χ0n) is 31.7. The fourth-order valence-corrected chi connectivity index (χ4v) is 9.24. The first-order valence-electron chi connectivity index (χ1n) is 19.8. The van der Waals surface area contributed by atoms with E-state index in [0.29, 0.717) is 79.6 Å². The Labute approximate surface area is 319 Å². The van der Waals surface area contributed by atoms with E-state index in [1.807, 2.05) is 36.5 Å². The summed E-state index contributed by atoms with van der Waals surface area (Å²) < 4.78 is 17.9. The molecule has 8 rings (SSSR count). The van der Waals surface area contributed by atoms with Crippen LogP contribution in [0.3, 0.4) is 0 Å². The van der Waals surface area contributed by atoms with Crippen molar-refractivity contribution < 1.29 is 18.8 Å². The Balaban J connectivity index is 0.857. The average molecular weight is 749 g/mol. The first-order chi connectivity index (χ1) is 26.5. The standard InChI is InChI=1S/C42H49FN8O4/c1-26-34-24-45-41(48-38(34)51(31-7-3-4-8-31)40(55)37(26)27(2)52)46-35-12-10-30(23-44-35)28-14-18-49(19-15-28)25-42(43)16-20-50(21-17-42)32-9-5-6-29(22-32)33-11-13-36(53)47-39(33)54/h5-6,9-10,12,22-24,28,31,33H,3-4,7-8,11,13-21,25H2,1-2H3,(H,47,53,54)(H,44,45,46,48). The molecule has 13 heteroatoms. The van der Waals surface area contributed by atoms with Crippen LogP contribution in [0.15, 0.2) is 53.6 Å². The van der Waals surface area contributed by atoms with E-state index in [0.717, 1.165) is 68.4 Å². The normalized spacial score (nSPS) is 21.2. The molecule has 4 fully saturated rings. The number of piperidine rings is 3. The topological polar surface area (TPSA) is 142 Å². The second kappa shape index (κ2) is 15.2. The number of carbonyl (C=O) groups excluding carboxylic acids is 3. The molecule has 55 heavy (non-hydrogen) atoms. The van der Waals surface area contributed by atoms with Gasteiger partial charge in [0.25, 0.3) is 5.56 Å². The van der Waals surface area contributed by atoms with Gasteiger partial charge in [0.2, 0.25) is 17.8 Å². The van der Waals surface area contributed by atoms with Crippen LogP contribution >= 0.6 is 0 Å². The van der Waals surface area contributed by atoms with E-state index in [1.54, 1.807) is 17.7 Å². The van der Waals surface area contributed by atoms with Crippen molar-refractivity contribution in [2.75, 3.05) is 42.9 Å². The number of ketones is 1. The molecule has 3 saturated heterocycles. The number of rotatable bonds is 9. The third-order valence-corrected chi connectivity index (χ3v) is 12.4. The van der Waals surface area contributed by atoms with E-state index < -0.39 is 5.67 Å². The molecule has 1 aliphatic carbocycles. The number of nitrogens with one attached hydrogen (secondary N) is 2. The smallest absolute Gasteiger partial charge is 0.263 e. The highest BCUT2D eigenvalue weighted by Gasteiger charge is 2.38. The van der Waals surface area contributed by atoms with E-state index in [1.165, 1.54) is 6.92 Å². The van der Waals surface area contributed by atoms with Gasteiger partial charge in [-0.2, -0.15) is 4.98 Å². The van der Waals surface area contributed by atoms with Crippen LogP contribution in [0.5, 0.6) is 0 Å². The van der Waals surface area contributed by atoms with Gasteiger partial charge in [-0.3, -0.25) is 29.1 Å². The summed E-state index contributed by atoms with van der Waals surface area (Å²) in [5.74, 6) is 0.232. The molecular formula is C42H49FN8O4. The van der Waals surface area contributed by atoms with Crippen LogP contribution in [0.4, 0.5) is 21.8 Å². The Bertz CT molecular complexity index is 2170. The number of benzene rings is 1. The van der Waals surface area contributed by atoms with Gasteiger partial charge in [0, 0.05) is 68.4 Å². The molecule has 3 aromatic heterocycles. The van der Waals surface area contributed by atoms with Gasteiger partial charge in [-0.25, -0.2) is 14.4 Å². The fraction of sp³-hybridized carbons (Fsp3) is 0.500. The molecule has 1 atom stereocenters. The number of fused-ring (bicyclic) bond motifs is 1. The van der Waals surface area contributed by atoms with Gasteiger partial charge in [-0.05, 0) is 99.8 Å². The number of aromatic nitrogens is 4. The minimum atomic E-state index is -1.25. The minimum Gasteiger partial charge on any atom is -0.371 e. The first kappa shape index (κ1) is 36.9. The molecule has 1 aromatic carbocycles. The van der Waals surface area contributed by atoms with Crippen LogP contribution in [-0.4, -0.2) is 80.4 Å². The number of anilines is 3. The van der Waals surface area contributed by atoms with Gasteiger partial charge < -0.3 is 15.1 Å². The van der Waals surface area contributed by atoms with Crippen LogP contribution in [0, 0.1) is 6.92 Å². The van der Waals surface area contributed by atoms with E-state index in [-0.39, 0.29) is 40.7 Å². The maximum absolute atomic E-state index is 16.2. The van der Waals surface area contributed by atoms with Gasteiger partial charge in [0.15, 0.2) is 5.78 Å². The van der Waals surface area contributed by atoms with Crippen molar-refractivity contribution in [2.24, 2.45) is 0 Å². The molecule has 0 spiro atoms. The Morgan fingerprint density at radius 1 is 0.945 bits per heavy atom. The second-order valence-electron chi connectivity index (χ2n) is 16.0. The maximum atomic E-state index is 16.2. The SMILES string of the molecule is CC(=O)c1c(C)c2cnc(Nc3ccc(C4CCN(CC5(F)CCN(c6cccc(C7CCC(=O)NC7=O)c6)CC5)CC4)cn3)nc2n(C2CCCC2)c1=O. The monoisotopic (exact) mass is 748 g/mol. The van der Waals surface area contributed by atoms with Crippen LogP contribution in [0.2, 0.25) is 0 Å². The van der Waals surface area contributed by atoms with Crippen molar-refractivity contribution in [3.05, 3.63) is 81.4 Å². The largest absolute Gasteiger partial charge is 0.371 e. The number of likely N-dealkylation sites (tertiary alicyclic amines) is 1. The third-order valence-electron chi connectivity index (χ3n) is 12.4. The van der Waals surface area contributed by atoms with Crippen molar-refractivity contribution in [3.8, 4) is 0 Å². The van der Waals surface area contributed by atoms with Crippen LogP contribution in [0.1, 0.15) is 116 Å². The van der Waals surface area contributed by atoms with Gasteiger partial charge in [-0.1, -0.05) is 31.0 Å². The molecule has 0 bridgehead atoms. The Morgan fingerprint density at radius 2 is 1.71 bits per heavy atom. The fourth-order valence-electron chi connectivity index (χ4n) is 9.24. The number of pyridine rings is 2. The second-order valence-corrected chi connectivity index (χ2v) is 16.0. The summed E-state index contributed by atoms with van der Waals surface area (Å²) in [5, 5.41) is 6.37. The van der Waals surface area contributed by atoms with Crippen molar-refractivity contribution in [1.29, 1.82) is 0 Å². The number of aryl methyl sites for hydroxylation is 1. The predicted octanol–water partition coefficient (Wildman–Crippen LogP) is 6.26. The molecule has 288 valence electrons. The van der Waals surface area contributed by atoms with Gasteiger partial charge in [-0.15, -0.1) is 0 Å². The molecule has 4 aromatic rings. The molecule has 2 amide bonds. The molecule has 6 heterocycles. The summed E-state index contributed by atoms with van der Waals surface area (Å²) in [7, 11) is 0. The highest BCUT2D eigenvalue weighted by Crippen LogP contribution is 2.36. The zero-order valence-corrected chi connectivity index (χ0v) is 31.7. The Hall–Kier alpha value is -5.04. The highest BCUT2D eigenvalue weighted by atomic mass is 19.1. The van der Waals surface area contributed by atoms with Gasteiger partial charge in [0.05, 0.1) is 11.5 Å². The number of hydrogen-bond donors (Lipinski definition) is 2. The third kappa shape index (κ3) is 7.63. The highest BCUT2D eigenvalue weighted by molar-refractivity contribution is 6.01. The number of hydrogen-bond acceptors (Lipinski definition) is 10. The lowest BCUT2D eigenvalue weighted by molar-refractivity contribution is -0.134. The number of nitrogens with zero attached hydrogens (tertiary/aromatic N) is 6. The minimum absolute atomic E-state index is 0.00663. The van der Waals surface area contributed by atoms with Crippen molar-refractivity contribution >= 4 is 46.1 Å². The van der Waals surface area contributed by atoms with Gasteiger partial charge in [0.1, 0.15) is 17.1 Å². The zero-order chi connectivity index (χ0) is 38.3. The van der Waals surface area contributed by atoms with E-state index in [2.05, 4.69) is 36.5 Å². The number of carbonyl (C=O) groups is 3. The summed E-state index contributed by atoms with van der Waals surface area (Å²) in [4.78, 5) is 68.5. The molecule has 3 aliphatic heterocycles. The number of imide groups is 1. The summed E-state index contributed by atoms with van der Waals surface area (Å²) in [5.41, 5.74) is 2.88. The summed E-state index contributed by atoms with van der Waals surface area (Å²) in [6.45, 7) is 6.53. The molecule has 12 nitrogen and oxygen atoms in total. The predicted molar refractivity (Wildman–Crippen MR) is 209 cm³/mol. The van der Waals surface area contributed by atoms with Crippen LogP contribution in [0.25, 0.3) is 11.0 Å². The maximum Gasteiger partial charge on any atom is 0.263 e. The first-order valence-corrected chi connectivity index (χ1v) is 19.8. The molecule has 1 saturated carbocycles. The Morgan fingerprint density at radius 3 is 2.40 bits per heavy atom. The average Bonchev–Trinajstić information content (AvgIpc) is 3.70. The number of alkyl halides is 1. The van der Waals surface area contributed by atoms with Crippen molar-refractivity contribution in [2.45, 2.75) is 102 Å². The Kier molecular flexibility index (Phi) is 10.2. The van der Waals surface area contributed by atoms with Crippen LogP contribution in [-0.2, 0) is 9.59 Å². The summed E-state index contributed by atoms with van der Waals surface area (Å²) in [6, 6.07) is 11.9. The lowest BCUT2D eigenvalue weighted by Gasteiger charge is -2.42. The lowest BCUT2D eigenvalue weighted by atomic mass is 9.87. The van der Waals surface area contributed by atoms with Crippen molar-refractivity contribution in [1.82, 2.24) is 29.7 Å². The van der Waals surface area contributed by atoms with E-state index in [9.17, 15) is 19.2 Å². The number of amides is 2. The molecule has 2 N–H and O–H groups in total. The molecule has 4 aliphatic rings. The molecular weight excluding hydrogens is 700 g/mol. The van der Waals surface area contributed by atoms with Crippen molar-refractivity contribution in [3.63, 3.8) is 0 Å². The van der Waals surface area contributed by atoms with Crippen LogP contribution < -0.4 is 21.1 Å². The molecule has 0 radical (unpaired) electrons. The van der Waals surface area contributed by atoms with E-state index in [4.69, 9.17) is 4.98 Å². The summed E-state index contributed by atoms with van der Waals surface area (Å²) >= 11 is 0. The lowest BCUT2D eigenvalue weighted by Crippen LogP contribution is -2.49. The quantitative estimate of drug-likeness (QED) is 0.149.